The van der Waals surface area contributed by atoms with Crippen LogP contribution < -0.4 is 9.64 Å². The first-order valence-corrected chi connectivity index (χ1v) is 13.0. The highest BCUT2D eigenvalue weighted by Gasteiger charge is 2.33. The van der Waals surface area contributed by atoms with E-state index < -0.39 is 6.43 Å². The summed E-state index contributed by atoms with van der Waals surface area (Å²) in [7, 11) is 3.60. The Morgan fingerprint density at radius 2 is 1.86 bits per heavy atom. The summed E-state index contributed by atoms with van der Waals surface area (Å²) in [4.78, 5) is 12.8. The van der Waals surface area contributed by atoms with Crippen LogP contribution >= 0.6 is 0 Å². The number of rotatable bonds is 5. The van der Waals surface area contributed by atoms with E-state index in [1.54, 1.807) is 18.5 Å². The SMILES string of the molecule is COc1ncc(-c2cc3c(cc2C(F)F)N(c2nn(C4CCOCC4)c4c2CN(C)CC4)CCC3)cn1. The summed E-state index contributed by atoms with van der Waals surface area (Å²) in [5, 5.41) is 5.19. The van der Waals surface area contributed by atoms with Crippen LogP contribution in [-0.2, 0) is 24.1 Å². The van der Waals surface area contributed by atoms with Gasteiger partial charge < -0.3 is 19.3 Å². The van der Waals surface area contributed by atoms with Gasteiger partial charge in [0.05, 0.1) is 13.2 Å². The van der Waals surface area contributed by atoms with E-state index in [9.17, 15) is 8.78 Å². The summed E-state index contributed by atoms with van der Waals surface area (Å²) in [5.41, 5.74) is 5.38. The molecule has 8 nitrogen and oxygen atoms in total. The highest BCUT2D eigenvalue weighted by molar-refractivity contribution is 5.76. The standard InChI is InChI=1S/C27H32F2N6O2/c1-33-9-5-23-22(16-33)26(32-35(23)19-6-10-37-11-7-19)34-8-3-4-17-12-20(21(25(28)29)13-24(17)34)18-14-30-27(36-2)31-15-18/h12-15,19,25H,3-11,16H2,1-2H3. The number of anilines is 2. The maximum atomic E-state index is 14.4. The Bertz CT molecular complexity index is 1270. The molecule has 0 aliphatic carbocycles. The molecule has 37 heavy (non-hydrogen) atoms. The van der Waals surface area contributed by atoms with Crippen LogP contribution in [0.25, 0.3) is 11.1 Å². The maximum absolute atomic E-state index is 14.4. The molecule has 0 amide bonds. The summed E-state index contributed by atoms with van der Waals surface area (Å²) in [6, 6.07) is 4.08. The van der Waals surface area contributed by atoms with Gasteiger partial charge in [0, 0.05) is 79.7 Å². The quantitative estimate of drug-likeness (QED) is 0.492. The van der Waals surface area contributed by atoms with Gasteiger partial charge in [-0.1, -0.05) is 0 Å². The molecule has 6 rings (SSSR count). The van der Waals surface area contributed by atoms with E-state index in [1.165, 1.54) is 18.4 Å². The fraction of sp³-hybridized carbons (Fsp3) is 0.519. The number of hydrogen-bond donors (Lipinski definition) is 0. The number of aromatic nitrogens is 4. The topological polar surface area (TPSA) is 68.5 Å². The molecule has 2 aromatic heterocycles. The number of alkyl halides is 2. The number of benzene rings is 1. The minimum atomic E-state index is -2.63. The molecule has 1 saturated heterocycles. The van der Waals surface area contributed by atoms with Gasteiger partial charge >= 0.3 is 6.01 Å². The summed E-state index contributed by atoms with van der Waals surface area (Å²) < 4.78 is 41.7. The molecule has 0 spiro atoms. The van der Waals surface area contributed by atoms with Gasteiger partial charge in [0.1, 0.15) is 0 Å². The number of likely N-dealkylation sites (N-methyl/N-ethyl adjacent to an activating group) is 1. The van der Waals surface area contributed by atoms with E-state index in [1.807, 2.05) is 6.07 Å². The third-order valence-electron chi connectivity index (χ3n) is 7.77. The van der Waals surface area contributed by atoms with Crippen molar-refractivity contribution < 1.29 is 18.3 Å². The Kier molecular flexibility index (Phi) is 6.54. The first-order valence-electron chi connectivity index (χ1n) is 13.0. The van der Waals surface area contributed by atoms with Crippen molar-refractivity contribution in [2.24, 2.45) is 0 Å². The molecule has 1 fully saturated rings. The first kappa shape index (κ1) is 24.2. The smallest absolute Gasteiger partial charge is 0.316 e. The zero-order valence-corrected chi connectivity index (χ0v) is 21.3. The zero-order valence-electron chi connectivity index (χ0n) is 21.3. The van der Waals surface area contributed by atoms with E-state index in [0.717, 1.165) is 82.0 Å². The second-order valence-corrected chi connectivity index (χ2v) is 10.1. The van der Waals surface area contributed by atoms with Gasteiger partial charge in [0.2, 0.25) is 0 Å². The van der Waals surface area contributed by atoms with Crippen LogP contribution in [0.2, 0.25) is 0 Å². The third-order valence-corrected chi connectivity index (χ3v) is 7.77. The summed E-state index contributed by atoms with van der Waals surface area (Å²) in [6.07, 6.45) is 5.03. The fourth-order valence-corrected chi connectivity index (χ4v) is 5.87. The lowest BCUT2D eigenvalue weighted by atomic mass is 9.92. The predicted molar refractivity (Wildman–Crippen MR) is 136 cm³/mol. The highest BCUT2D eigenvalue weighted by atomic mass is 19.3. The van der Waals surface area contributed by atoms with E-state index in [-0.39, 0.29) is 11.6 Å². The molecule has 3 aromatic rings. The van der Waals surface area contributed by atoms with Crippen LogP contribution in [0.5, 0.6) is 6.01 Å². The molecular weight excluding hydrogens is 478 g/mol. The second kappa shape index (κ2) is 9.98. The van der Waals surface area contributed by atoms with E-state index >= 15 is 0 Å². The van der Waals surface area contributed by atoms with Crippen LogP contribution in [0.3, 0.4) is 0 Å². The molecule has 5 heterocycles. The summed E-state index contributed by atoms with van der Waals surface area (Å²) in [5.74, 6) is 0.912. The van der Waals surface area contributed by atoms with Crippen molar-refractivity contribution in [3.8, 4) is 17.1 Å². The van der Waals surface area contributed by atoms with Crippen LogP contribution in [0.4, 0.5) is 20.3 Å². The molecule has 0 saturated carbocycles. The normalized spacial score (nSPS) is 18.7. The van der Waals surface area contributed by atoms with E-state index in [0.29, 0.717) is 17.2 Å². The van der Waals surface area contributed by atoms with E-state index in [2.05, 4.69) is 31.5 Å². The molecule has 0 atom stereocenters. The Hall–Kier alpha value is -3.11. The number of hydrogen-bond acceptors (Lipinski definition) is 7. The van der Waals surface area contributed by atoms with Gasteiger partial charge in [-0.3, -0.25) is 4.68 Å². The van der Waals surface area contributed by atoms with Crippen molar-refractivity contribution >= 4 is 11.5 Å². The largest absolute Gasteiger partial charge is 0.467 e. The fourth-order valence-electron chi connectivity index (χ4n) is 5.87. The average molecular weight is 511 g/mol. The molecule has 0 unspecified atom stereocenters. The molecule has 0 radical (unpaired) electrons. The minimum absolute atomic E-state index is 0.0192. The monoisotopic (exact) mass is 510 g/mol. The Morgan fingerprint density at radius 1 is 1.08 bits per heavy atom. The van der Waals surface area contributed by atoms with Gasteiger partial charge in [0.15, 0.2) is 5.82 Å². The van der Waals surface area contributed by atoms with Gasteiger partial charge in [-0.05, 0) is 56.0 Å². The number of methoxy groups -OCH3 is 1. The number of halogens is 2. The third kappa shape index (κ3) is 4.46. The lowest BCUT2D eigenvalue weighted by Gasteiger charge is -2.33. The Morgan fingerprint density at radius 3 is 2.59 bits per heavy atom. The highest BCUT2D eigenvalue weighted by Crippen LogP contribution is 2.43. The molecule has 3 aliphatic rings. The lowest BCUT2D eigenvalue weighted by Crippen LogP contribution is -2.30. The molecule has 3 aliphatic heterocycles. The van der Waals surface area contributed by atoms with Crippen LogP contribution in [0.1, 0.15) is 54.1 Å². The van der Waals surface area contributed by atoms with Gasteiger partial charge in [-0.25, -0.2) is 18.7 Å². The number of nitrogens with zero attached hydrogens (tertiary/aromatic N) is 6. The number of fused-ring (bicyclic) bond motifs is 2. The van der Waals surface area contributed by atoms with Crippen LogP contribution in [0, 0.1) is 0 Å². The first-order chi connectivity index (χ1) is 18.0. The zero-order chi connectivity index (χ0) is 25.5. The van der Waals surface area contributed by atoms with Crippen molar-refractivity contribution in [1.29, 1.82) is 0 Å². The van der Waals surface area contributed by atoms with Gasteiger partial charge in [-0.2, -0.15) is 5.10 Å². The maximum Gasteiger partial charge on any atom is 0.316 e. The molecular formula is C27H32F2N6O2. The van der Waals surface area contributed by atoms with Crippen molar-refractivity contribution in [2.45, 2.75) is 51.1 Å². The minimum Gasteiger partial charge on any atom is -0.467 e. The summed E-state index contributed by atoms with van der Waals surface area (Å²) >= 11 is 0. The van der Waals surface area contributed by atoms with Crippen molar-refractivity contribution in [2.75, 3.05) is 45.4 Å². The molecule has 196 valence electrons. The lowest BCUT2D eigenvalue weighted by molar-refractivity contribution is 0.0651. The summed E-state index contributed by atoms with van der Waals surface area (Å²) in [6.45, 7) is 4.04. The molecule has 1 aromatic carbocycles. The number of ether oxygens (including phenoxy) is 2. The van der Waals surface area contributed by atoms with Crippen molar-refractivity contribution in [3.05, 3.63) is 46.9 Å². The molecule has 0 N–H and O–H groups in total. The second-order valence-electron chi connectivity index (χ2n) is 10.1. The van der Waals surface area contributed by atoms with Crippen LogP contribution in [0.15, 0.2) is 24.5 Å². The Labute approximate surface area is 215 Å². The Balaban J connectivity index is 1.45. The van der Waals surface area contributed by atoms with Crippen molar-refractivity contribution in [3.63, 3.8) is 0 Å². The van der Waals surface area contributed by atoms with Gasteiger partial charge in [0.25, 0.3) is 6.43 Å². The molecule has 10 heteroatoms. The van der Waals surface area contributed by atoms with Gasteiger partial charge in [-0.15, -0.1) is 0 Å². The average Bonchev–Trinajstić information content (AvgIpc) is 3.31. The molecule has 0 bridgehead atoms. The number of aryl methyl sites for hydroxylation is 1. The predicted octanol–water partition coefficient (Wildman–Crippen LogP) is 4.71. The van der Waals surface area contributed by atoms with E-state index in [4.69, 9.17) is 14.6 Å². The van der Waals surface area contributed by atoms with Crippen molar-refractivity contribution in [1.82, 2.24) is 24.6 Å². The van der Waals surface area contributed by atoms with Crippen LogP contribution in [-0.4, -0.2) is 65.1 Å².